The summed E-state index contributed by atoms with van der Waals surface area (Å²) in [4.78, 5) is 0. The maximum absolute atomic E-state index is 2.37. The number of fused-ring (bicyclic) bond motifs is 10. The average molecular weight is 781 g/mol. The van der Waals surface area contributed by atoms with Gasteiger partial charge in [0.25, 0.3) is 0 Å². The van der Waals surface area contributed by atoms with Gasteiger partial charge in [-0.15, -0.1) is 70.1 Å². The van der Waals surface area contributed by atoms with Crippen LogP contribution < -0.4 is 24.8 Å². The van der Waals surface area contributed by atoms with E-state index in [9.17, 15) is 0 Å². The van der Waals surface area contributed by atoms with Crippen LogP contribution in [0.25, 0.3) is 76.5 Å². The first kappa shape index (κ1) is 35.6. The molecule has 0 unspecified atom stereocenters. The van der Waals surface area contributed by atoms with Gasteiger partial charge >= 0.3 is 41.9 Å². The zero-order valence-corrected chi connectivity index (χ0v) is 32.8. The molecule has 0 spiro atoms. The molecule has 8 aromatic carbocycles. The van der Waals surface area contributed by atoms with E-state index in [0.717, 1.165) is 0 Å². The van der Waals surface area contributed by atoms with E-state index in [1.54, 1.807) is 23.3 Å². The Labute approximate surface area is 319 Å². The molecule has 6 heteroatoms. The number of hydrogen-bond acceptors (Lipinski definition) is 0. The number of halogens is 2. The van der Waals surface area contributed by atoms with E-state index in [1.165, 1.54) is 76.5 Å². The Morgan fingerprint density at radius 2 is 0.720 bits per heavy atom. The van der Waals surface area contributed by atoms with Gasteiger partial charge in [-0.3, -0.25) is 0 Å². The fraction of sp³-hybridized carbons (Fsp3) is 0.0455. The van der Waals surface area contributed by atoms with Crippen molar-refractivity contribution in [1.82, 2.24) is 9.13 Å². The second-order valence-electron chi connectivity index (χ2n) is 12.4. The second kappa shape index (κ2) is 15.4. The third kappa shape index (κ3) is 6.43. The average Bonchev–Trinajstić information content (AvgIpc) is 3.85. The van der Waals surface area contributed by atoms with E-state index in [4.69, 9.17) is 0 Å². The second-order valence-corrected chi connectivity index (χ2v) is 21.7. The number of rotatable bonds is 2. The summed E-state index contributed by atoms with van der Waals surface area (Å²) in [6, 6.07) is 60.4. The normalized spacial score (nSPS) is 10.8. The smallest absolute Gasteiger partial charge is 0.0443 e. The van der Waals surface area contributed by atoms with Gasteiger partial charge in [0, 0.05) is 22.4 Å². The van der Waals surface area contributed by atoms with Crippen molar-refractivity contribution in [2.24, 2.45) is 0 Å². The number of aromatic nitrogens is 2. The third-order valence-electron chi connectivity index (χ3n) is 8.90. The van der Waals surface area contributed by atoms with Crippen LogP contribution >= 0.6 is 0 Å². The predicted octanol–water partition coefficient (Wildman–Crippen LogP) is 6.10. The Morgan fingerprint density at radius 1 is 0.420 bits per heavy atom. The molecule has 0 N–H and O–H groups in total. The van der Waals surface area contributed by atoms with Crippen LogP contribution in [0.5, 0.6) is 0 Å². The van der Waals surface area contributed by atoms with Gasteiger partial charge < -0.3 is 33.9 Å². The molecule has 2 aromatic heterocycles. The number of hydrogen-bond donors (Lipinski definition) is 0. The molecule has 0 radical (unpaired) electrons. The summed E-state index contributed by atoms with van der Waals surface area (Å²) < 4.78 is 4.73. The predicted molar refractivity (Wildman–Crippen MR) is 205 cm³/mol. The molecule has 0 saturated carbocycles. The molecule has 10 aromatic rings. The summed E-state index contributed by atoms with van der Waals surface area (Å²) >= 11 is 1.74. The molecule has 0 fully saturated rings. The molecule has 244 valence electrons. The van der Waals surface area contributed by atoms with Gasteiger partial charge in [-0.2, -0.15) is 0 Å². The SMILES string of the molecule is C[Si](C)=[Zr+2].[Cl-].[Cl-].c1ccc(-n2c3ccccc3c3c4ccccc4[cH-]c32)cc1.c1ccc(-n2c3ccccc3c3c4ccccc4[cH-]c32)cc1. The standard InChI is InChI=1S/2C21H14N.C2H6Si.2ClH.Zr/c2*1-2-9-16(10-3-1)22-19-13-7-6-12-18(19)21-17-11-5-4-8-15(17)14-20(21)22;1-3-2;;;/h2*1-14H;1-2H3;2*1H;/q2*-1;;;;+2/p-2. The van der Waals surface area contributed by atoms with Crippen molar-refractivity contribution in [1.29, 1.82) is 0 Å². The molecule has 10 rings (SSSR count). The van der Waals surface area contributed by atoms with E-state index in [1.807, 2.05) is 0 Å². The largest absolute Gasteiger partial charge is 1.00 e. The fourth-order valence-corrected chi connectivity index (χ4v) is 7.06. The zero-order chi connectivity index (χ0) is 32.6. The third-order valence-corrected chi connectivity index (χ3v) is 8.90. The molecular weight excluding hydrogens is 747 g/mol. The maximum Gasteiger partial charge on any atom is 0.0443 e. The van der Waals surface area contributed by atoms with Crippen molar-refractivity contribution in [2.45, 2.75) is 13.1 Å². The molecule has 0 saturated heterocycles. The van der Waals surface area contributed by atoms with Crippen LogP contribution in [-0.2, 0) is 23.3 Å². The first-order chi connectivity index (χ1) is 23.6. The van der Waals surface area contributed by atoms with Crippen molar-refractivity contribution in [2.75, 3.05) is 0 Å². The number of para-hydroxylation sites is 4. The summed E-state index contributed by atoms with van der Waals surface area (Å²) in [6.45, 7) is 4.62. The van der Waals surface area contributed by atoms with Gasteiger partial charge in [-0.25, -0.2) is 0 Å². The van der Waals surface area contributed by atoms with Crippen molar-refractivity contribution in [3.05, 3.63) is 170 Å². The van der Waals surface area contributed by atoms with Gasteiger partial charge in [0.15, 0.2) is 0 Å². The summed E-state index contributed by atoms with van der Waals surface area (Å²) in [6.07, 6.45) is 0. The number of benzene rings is 6. The minimum atomic E-state index is 0. The Kier molecular flexibility index (Phi) is 11.0. The molecular formula is C44H34Cl2N2SiZr-2. The Hall–Kier alpha value is -4.18. The molecule has 0 amide bonds. The topological polar surface area (TPSA) is 9.86 Å². The summed E-state index contributed by atoms with van der Waals surface area (Å²) in [7, 11) is 0. The first-order valence-electron chi connectivity index (χ1n) is 16.4. The first-order valence-corrected chi connectivity index (χ1v) is 22.6. The van der Waals surface area contributed by atoms with Crippen molar-refractivity contribution in [3.63, 3.8) is 0 Å². The van der Waals surface area contributed by atoms with Crippen molar-refractivity contribution >= 4 is 70.6 Å². The molecule has 2 nitrogen and oxygen atoms in total. The van der Waals surface area contributed by atoms with Crippen LogP contribution in [0.15, 0.2) is 170 Å². The van der Waals surface area contributed by atoms with Crippen LogP contribution in [0, 0.1) is 0 Å². The summed E-state index contributed by atoms with van der Waals surface area (Å²) in [5.74, 6) is 0. The molecule has 0 bridgehead atoms. The molecule has 2 heterocycles. The quantitative estimate of drug-likeness (QED) is 0.148. The Morgan fingerprint density at radius 3 is 1.10 bits per heavy atom. The molecule has 0 atom stereocenters. The van der Waals surface area contributed by atoms with Gasteiger partial charge in [0.05, 0.1) is 0 Å². The van der Waals surface area contributed by atoms with Crippen LogP contribution in [0.3, 0.4) is 0 Å². The molecule has 50 heavy (non-hydrogen) atoms. The van der Waals surface area contributed by atoms with Crippen molar-refractivity contribution < 1.29 is 48.1 Å². The monoisotopic (exact) mass is 778 g/mol. The summed E-state index contributed by atoms with van der Waals surface area (Å²) in [5, 5.41) is 10.6. The van der Waals surface area contributed by atoms with E-state index in [-0.39, 0.29) is 30.2 Å². The van der Waals surface area contributed by atoms with E-state index < -0.39 is 0 Å². The fourth-order valence-electron chi connectivity index (χ4n) is 7.06. The van der Waals surface area contributed by atoms with Crippen LogP contribution in [0.1, 0.15) is 0 Å². The van der Waals surface area contributed by atoms with Crippen LogP contribution in [-0.4, -0.2) is 14.6 Å². The summed E-state index contributed by atoms with van der Waals surface area (Å²) in [5.41, 5.74) is 7.74. The Bertz CT molecular complexity index is 2530. The van der Waals surface area contributed by atoms with Gasteiger partial charge in [0.2, 0.25) is 0 Å². The maximum atomic E-state index is 2.37. The van der Waals surface area contributed by atoms with Crippen molar-refractivity contribution in [3.8, 4) is 11.4 Å². The number of nitrogens with zero attached hydrogens (tertiary/aromatic N) is 2. The van der Waals surface area contributed by atoms with E-state index in [2.05, 4.69) is 192 Å². The molecule has 0 aliphatic rings. The zero-order valence-electron chi connectivity index (χ0n) is 27.8. The van der Waals surface area contributed by atoms with Gasteiger partial charge in [-0.1, -0.05) is 95.7 Å². The van der Waals surface area contributed by atoms with Crippen LogP contribution in [0.4, 0.5) is 0 Å². The van der Waals surface area contributed by atoms with E-state index >= 15 is 0 Å². The van der Waals surface area contributed by atoms with Crippen LogP contribution in [0.2, 0.25) is 13.1 Å². The van der Waals surface area contributed by atoms with Gasteiger partial charge in [0.1, 0.15) is 0 Å². The Balaban J connectivity index is 0.000000151. The molecule has 0 aliphatic heterocycles. The van der Waals surface area contributed by atoms with E-state index in [0.29, 0.717) is 0 Å². The minimum absolute atomic E-state index is 0. The van der Waals surface area contributed by atoms with Gasteiger partial charge in [-0.05, 0) is 58.2 Å². The molecule has 0 aliphatic carbocycles. The minimum Gasteiger partial charge on any atom is -1.00 e.